The van der Waals surface area contributed by atoms with E-state index in [0.717, 1.165) is 34.2 Å². The fourth-order valence-electron chi connectivity index (χ4n) is 2.67. The van der Waals surface area contributed by atoms with Crippen LogP contribution in [0, 0.1) is 0 Å². The number of aryl methyl sites for hydroxylation is 1. The van der Waals surface area contributed by atoms with Gasteiger partial charge in [-0.1, -0.05) is 19.1 Å². The van der Waals surface area contributed by atoms with Gasteiger partial charge in [-0.05, 0) is 36.2 Å². The number of nitrogens with one attached hydrogen (secondary N) is 1. The van der Waals surface area contributed by atoms with E-state index in [2.05, 4.69) is 16.9 Å². The first kappa shape index (κ1) is 17.6. The van der Waals surface area contributed by atoms with Crippen LogP contribution in [-0.4, -0.2) is 29.6 Å². The summed E-state index contributed by atoms with van der Waals surface area (Å²) >= 11 is 0. The van der Waals surface area contributed by atoms with Crippen molar-refractivity contribution in [2.45, 2.75) is 13.3 Å². The van der Waals surface area contributed by atoms with Crippen molar-refractivity contribution in [2.24, 2.45) is 5.84 Å². The molecule has 0 saturated heterocycles. The smallest absolute Gasteiger partial charge is 0.271 e. The highest BCUT2D eigenvalue weighted by atomic mass is 16.5. The zero-order valence-electron chi connectivity index (χ0n) is 14.7. The first-order valence-corrected chi connectivity index (χ1v) is 8.21. The van der Waals surface area contributed by atoms with Crippen LogP contribution in [-0.2, 0) is 11.2 Å². The van der Waals surface area contributed by atoms with Crippen LogP contribution in [0.15, 0.2) is 42.6 Å². The Morgan fingerprint density at radius 3 is 2.85 bits per heavy atom. The van der Waals surface area contributed by atoms with Crippen molar-refractivity contribution in [3.63, 3.8) is 0 Å². The predicted octanol–water partition coefficient (Wildman–Crippen LogP) is 2.24. The van der Waals surface area contributed by atoms with Crippen molar-refractivity contribution in [1.82, 2.24) is 15.4 Å². The maximum atomic E-state index is 11.4. The number of hydrazine groups is 1. The SMILES string of the molecule is CCc1ccc(-c2cc3ncccc3c(OCC(=O)NN)n2)cc1OC. The third-order valence-corrected chi connectivity index (χ3v) is 4.03. The molecule has 0 radical (unpaired) electrons. The average Bonchev–Trinajstić information content (AvgIpc) is 2.70. The first-order chi connectivity index (χ1) is 12.7. The van der Waals surface area contributed by atoms with E-state index in [0.29, 0.717) is 11.6 Å². The lowest BCUT2D eigenvalue weighted by Gasteiger charge is -2.12. The number of nitrogens with two attached hydrogens (primary N) is 1. The minimum absolute atomic E-state index is 0.227. The normalized spacial score (nSPS) is 10.6. The zero-order chi connectivity index (χ0) is 18.5. The van der Waals surface area contributed by atoms with Crippen molar-refractivity contribution in [3.8, 4) is 22.9 Å². The molecule has 0 aliphatic rings. The molecule has 0 atom stereocenters. The van der Waals surface area contributed by atoms with Crippen molar-refractivity contribution >= 4 is 16.8 Å². The summed E-state index contributed by atoms with van der Waals surface area (Å²) in [5.74, 6) is 5.79. The molecule has 0 bridgehead atoms. The first-order valence-electron chi connectivity index (χ1n) is 8.21. The summed E-state index contributed by atoms with van der Waals surface area (Å²) in [5.41, 5.74) is 5.43. The zero-order valence-corrected chi connectivity index (χ0v) is 14.7. The maximum Gasteiger partial charge on any atom is 0.271 e. The van der Waals surface area contributed by atoms with Gasteiger partial charge in [-0.2, -0.15) is 0 Å². The summed E-state index contributed by atoms with van der Waals surface area (Å²) in [5, 5.41) is 0.721. The highest BCUT2D eigenvalue weighted by Gasteiger charge is 2.12. The molecule has 0 aliphatic carbocycles. The Bertz CT molecular complexity index is 943. The third kappa shape index (κ3) is 3.57. The number of ether oxygens (including phenoxy) is 2. The molecule has 2 heterocycles. The van der Waals surface area contributed by atoms with Crippen LogP contribution in [0.4, 0.5) is 0 Å². The molecule has 0 aliphatic heterocycles. The molecular weight excluding hydrogens is 332 g/mol. The molecule has 2 aromatic heterocycles. The van der Waals surface area contributed by atoms with Gasteiger partial charge < -0.3 is 9.47 Å². The predicted molar refractivity (Wildman–Crippen MR) is 98.7 cm³/mol. The summed E-state index contributed by atoms with van der Waals surface area (Å²) in [6, 6.07) is 11.4. The van der Waals surface area contributed by atoms with Crippen LogP contribution >= 0.6 is 0 Å². The van der Waals surface area contributed by atoms with Crippen LogP contribution in [0.1, 0.15) is 12.5 Å². The van der Waals surface area contributed by atoms with Crippen LogP contribution in [0.2, 0.25) is 0 Å². The molecular formula is C19H20N4O3. The number of amides is 1. The number of hydrogen-bond acceptors (Lipinski definition) is 6. The topological polar surface area (TPSA) is 99.4 Å². The summed E-state index contributed by atoms with van der Waals surface area (Å²) in [4.78, 5) is 20.4. The van der Waals surface area contributed by atoms with E-state index in [1.54, 1.807) is 19.4 Å². The monoisotopic (exact) mass is 352 g/mol. The number of carbonyl (C=O) groups excluding carboxylic acids is 1. The van der Waals surface area contributed by atoms with E-state index in [1.807, 2.05) is 35.8 Å². The number of pyridine rings is 2. The van der Waals surface area contributed by atoms with Gasteiger partial charge in [0.15, 0.2) is 6.61 Å². The van der Waals surface area contributed by atoms with Crippen molar-refractivity contribution < 1.29 is 14.3 Å². The molecule has 134 valence electrons. The van der Waals surface area contributed by atoms with Crippen molar-refractivity contribution in [1.29, 1.82) is 0 Å². The molecule has 7 heteroatoms. The maximum absolute atomic E-state index is 11.4. The molecule has 7 nitrogen and oxygen atoms in total. The number of benzene rings is 1. The number of fused-ring (bicyclic) bond motifs is 1. The van der Waals surface area contributed by atoms with Gasteiger partial charge in [0.1, 0.15) is 5.75 Å². The number of aromatic nitrogens is 2. The standard InChI is InChI=1S/C19H20N4O3/c1-3-12-6-7-13(9-17(12)25-2)15-10-16-14(5-4-8-21-16)19(22-15)26-11-18(24)23-20/h4-10H,3,11,20H2,1-2H3,(H,23,24). The lowest BCUT2D eigenvalue weighted by Crippen LogP contribution is -2.34. The van der Waals surface area contributed by atoms with Gasteiger partial charge in [-0.15, -0.1) is 0 Å². The van der Waals surface area contributed by atoms with E-state index in [1.165, 1.54) is 0 Å². The minimum Gasteiger partial charge on any atom is -0.496 e. The lowest BCUT2D eigenvalue weighted by molar-refractivity contribution is -0.123. The second kappa shape index (κ2) is 7.79. The Kier molecular flexibility index (Phi) is 5.28. The van der Waals surface area contributed by atoms with Gasteiger partial charge in [0.25, 0.3) is 5.91 Å². The van der Waals surface area contributed by atoms with Gasteiger partial charge in [0, 0.05) is 11.8 Å². The van der Waals surface area contributed by atoms with Crippen LogP contribution < -0.4 is 20.7 Å². The Labute approximate surface area is 151 Å². The minimum atomic E-state index is -0.441. The molecule has 0 fully saturated rings. The van der Waals surface area contributed by atoms with Gasteiger partial charge in [0.2, 0.25) is 5.88 Å². The number of rotatable bonds is 6. The Morgan fingerprint density at radius 2 is 2.12 bits per heavy atom. The Morgan fingerprint density at radius 1 is 1.27 bits per heavy atom. The van der Waals surface area contributed by atoms with E-state index in [9.17, 15) is 4.79 Å². The molecule has 1 aromatic carbocycles. The molecule has 0 unspecified atom stereocenters. The molecule has 3 N–H and O–H groups in total. The number of nitrogens with zero attached hydrogens (tertiary/aromatic N) is 2. The average molecular weight is 352 g/mol. The fourth-order valence-corrected chi connectivity index (χ4v) is 2.67. The summed E-state index contributed by atoms with van der Waals surface area (Å²) in [7, 11) is 1.65. The van der Waals surface area contributed by atoms with Gasteiger partial charge in [0.05, 0.1) is 23.7 Å². The Balaban J connectivity index is 2.07. The van der Waals surface area contributed by atoms with Crippen LogP contribution in [0.3, 0.4) is 0 Å². The van der Waals surface area contributed by atoms with E-state index < -0.39 is 5.91 Å². The molecule has 0 spiro atoms. The summed E-state index contributed by atoms with van der Waals surface area (Å²) < 4.78 is 11.0. The number of methoxy groups -OCH3 is 1. The van der Waals surface area contributed by atoms with E-state index in [-0.39, 0.29) is 6.61 Å². The third-order valence-electron chi connectivity index (χ3n) is 4.03. The van der Waals surface area contributed by atoms with Crippen LogP contribution in [0.5, 0.6) is 11.6 Å². The quantitative estimate of drug-likeness (QED) is 0.401. The largest absolute Gasteiger partial charge is 0.496 e. The molecule has 3 rings (SSSR count). The second-order valence-corrected chi connectivity index (χ2v) is 5.62. The van der Waals surface area contributed by atoms with E-state index in [4.69, 9.17) is 15.3 Å². The lowest BCUT2D eigenvalue weighted by atomic mass is 10.0. The van der Waals surface area contributed by atoms with Crippen molar-refractivity contribution in [2.75, 3.05) is 13.7 Å². The summed E-state index contributed by atoms with van der Waals surface area (Å²) in [6.07, 6.45) is 2.57. The highest BCUT2D eigenvalue weighted by Crippen LogP contribution is 2.31. The molecule has 3 aromatic rings. The van der Waals surface area contributed by atoms with Gasteiger partial charge >= 0.3 is 0 Å². The van der Waals surface area contributed by atoms with Gasteiger partial charge in [-0.3, -0.25) is 15.2 Å². The Hall–Kier alpha value is -3.19. The molecule has 1 amide bonds. The fraction of sp³-hybridized carbons (Fsp3) is 0.211. The highest BCUT2D eigenvalue weighted by molar-refractivity contribution is 5.87. The number of carbonyl (C=O) groups is 1. The van der Waals surface area contributed by atoms with Gasteiger partial charge in [-0.25, -0.2) is 10.8 Å². The second-order valence-electron chi connectivity index (χ2n) is 5.62. The van der Waals surface area contributed by atoms with E-state index >= 15 is 0 Å². The number of hydrogen-bond donors (Lipinski definition) is 2. The molecule has 0 saturated carbocycles. The van der Waals surface area contributed by atoms with Crippen molar-refractivity contribution in [3.05, 3.63) is 48.2 Å². The molecule has 26 heavy (non-hydrogen) atoms. The summed E-state index contributed by atoms with van der Waals surface area (Å²) in [6.45, 7) is 1.85. The van der Waals surface area contributed by atoms with Crippen LogP contribution in [0.25, 0.3) is 22.2 Å².